The van der Waals surface area contributed by atoms with Crippen LogP contribution in [0.2, 0.25) is 0 Å². The highest BCUT2D eigenvalue weighted by atomic mass is 16.7. The molecule has 1 aromatic rings. The molecule has 0 fully saturated rings. The van der Waals surface area contributed by atoms with E-state index in [2.05, 4.69) is 16.8 Å². The van der Waals surface area contributed by atoms with Crippen molar-refractivity contribution in [1.82, 2.24) is 15.3 Å². The van der Waals surface area contributed by atoms with Crippen LogP contribution in [-0.4, -0.2) is 35.3 Å². The summed E-state index contributed by atoms with van der Waals surface area (Å²) in [5.74, 6) is -0.251. The van der Waals surface area contributed by atoms with E-state index in [1.165, 1.54) is 20.4 Å². The zero-order chi connectivity index (χ0) is 10.7. The van der Waals surface area contributed by atoms with Gasteiger partial charge in [0.25, 0.3) is 5.91 Å². The Hall–Kier alpha value is -1.62. The maximum absolute atomic E-state index is 11.7. The number of hydrogen-bond donors (Lipinski definition) is 1. The van der Waals surface area contributed by atoms with Gasteiger partial charge in [-0.05, 0) is 12.5 Å². The molecular weight excluding hydrogens is 182 g/mol. The van der Waals surface area contributed by atoms with E-state index in [9.17, 15) is 4.79 Å². The first-order chi connectivity index (χ1) is 6.57. The first-order valence-electron chi connectivity index (χ1n) is 4.09. The molecule has 1 heterocycles. The van der Waals surface area contributed by atoms with Crippen molar-refractivity contribution < 1.29 is 9.63 Å². The van der Waals surface area contributed by atoms with Gasteiger partial charge in [0.1, 0.15) is 0 Å². The maximum Gasteiger partial charge on any atom is 0.280 e. The highest BCUT2D eigenvalue weighted by Gasteiger charge is 2.17. The van der Waals surface area contributed by atoms with Gasteiger partial charge in [0.2, 0.25) is 0 Å². The number of aromatic amines is 1. The van der Waals surface area contributed by atoms with Gasteiger partial charge in [-0.3, -0.25) is 14.7 Å². The number of hydroxylamine groups is 2. The maximum atomic E-state index is 11.7. The molecule has 5 nitrogen and oxygen atoms in total. The van der Waals surface area contributed by atoms with Crippen LogP contribution in [0.3, 0.4) is 0 Å². The summed E-state index contributed by atoms with van der Waals surface area (Å²) < 4.78 is 0. The molecule has 0 saturated heterocycles. The fourth-order valence-corrected chi connectivity index (χ4v) is 1.03. The Bertz CT molecular complexity index is 357. The van der Waals surface area contributed by atoms with Crippen molar-refractivity contribution in [2.45, 2.75) is 6.92 Å². The van der Waals surface area contributed by atoms with Crippen molar-refractivity contribution in [1.29, 1.82) is 0 Å². The lowest BCUT2D eigenvalue weighted by atomic mass is 10.1. The SMILES string of the molecule is C=C(C)c1[nH]ncc1C(=O)N(C)OC. The molecule has 0 aliphatic heterocycles. The Balaban J connectivity index is 3.01. The highest BCUT2D eigenvalue weighted by molar-refractivity contribution is 5.97. The van der Waals surface area contributed by atoms with Crippen molar-refractivity contribution in [2.24, 2.45) is 0 Å². The molecule has 14 heavy (non-hydrogen) atoms. The molecule has 0 aliphatic carbocycles. The smallest absolute Gasteiger partial charge is 0.277 e. The van der Waals surface area contributed by atoms with Crippen LogP contribution in [0.15, 0.2) is 12.8 Å². The largest absolute Gasteiger partial charge is 0.280 e. The molecule has 0 aromatic carbocycles. The lowest BCUT2D eigenvalue weighted by Crippen LogP contribution is -2.25. The van der Waals surface area contributed by atoms with Gasteiger partial charge in [0.05, 0.1) is 24.6 Å². The summed E-state index contributed by atoms with van der Waals surface area (Å²) in [5, 5.41) is 7.64. The van der Waals surface area contributed by atoms with E-state index in [-0.39, 0.29) is 5.91 Å². The van der Waals surface area contributed by atoms with Gasteiger partial charge in [0, 0.05) is 7.05 Å². The van der Waals surface area contributed by atoms with E-state index in [0.29, 0.717) is 11.3 Å². The predicted octanol–water partition coefficient (Wildman–Crippen LogP) is 1.08. The summed E-state index contributed by atoms with van der Waals surface area (Å²) in [6, 6.07) is 0. The summed E-state index contributed by atoms with van der Waals surface area (Å²) >= 11 is 0. The molecule has 76 valence electrons. The molecule has 0 unspecified atom stereocenters. The van der Waals surface area contributed by atoms with Gasteiger partial charge in [0.15, 0.2) is 0 Å². The van der Waals surface area contributed by atoms with Gasteiger partial charge < -0.3 is 0 Å². The summed E-state index contributed by atoms with van der Waals surface area (Å²) in [4.78, 5) is 16.4. The van der Waals surface area contributed by atoms with Crippen molar-refractivity contribution in [3.8, 4) is 0 Å². The van der Waals surface area contributed by atoms with Crippen molar-refractivity contribution in [3.05, 3.63) is 24.0 Å². The highest BCUT2D eigenvalue weighted by Crippen LogP contribution is 2.15. The number of nitrogens with zero attached hydrogens (tertiary/aromatic N) is 2. The van der Waals surface area contributed by atoms with Crippen LogP contribution in [0.25, 0.3) is 5.57 Å². The molecule has 0 spiro atoms. The number of H-pyrrole nitrogens is 1. The van der Waals surface area contributed by atoms with Crippen molar-refractivity contribution in [2.75, 3.05) is 14.2 Å². The average Bonchev–Trinajstić information content (AvgIpc) is 2.63. The number of rotatable bonds is 3. The monoisotopic (exact) mass is 195 g/mol. The summed E-state index contributed by atoms with van der Waals surface area (Å²) in [7, 11) is 2.97. The van der Waals surface area contributed by atoms with Gasteiger partial charge in [-0.2, -0.15) is 5.10 Å². The number of carbonyl (C=O) groups excluding carboxylic acids is 1. The van der Waals surface area contributed by atoms with Crippen molar-refractivity contribution in [3.63, 3.8) is 0 Å². The lowest BCUT2D eigenvalue weighted by Gasteiger charge is -2.13. The van der Waals surface area contributed by atoms with Gasteiger partial charge in [-0.15, -0.1) is 0 Å². The quantitative estimate of drug-likeness (QED) is 0.734. The minimum atomic E-state index is -0.251. The molecule has 0 aliphatic rings. The molecule has 0 radical (unpaired) electrons. The van der Waals surface area contributed by atoms with E-state index >= 15 is 0 Å². The molecule has 0 bridgehead atoms. The molecule has 1 aromatic heterocycles. The zero-order valence-corrected chi connectivity index (χ0v) is 8.50. The molecule has 0 saturated carbocycles. The van der Waals surface area contributed by atoms with Gasteiger partial charge in [-0.1, -0.05) is 6.58 Å². The first-order valence-corrected chi connectivity index (χ1v) is 4.09. The van der Waals surface area contributed by atoms with Crippen LogP contribution in [0, 0.1) is 0 Å². The topological polar surface area (TPSA) is 58.2 Å². The van der Waals surface area contributed by atoms with Crippen molar-refractivity contribution >= 4 is 11.5 Å². The minimum absolute atomic E-state index is 0.251. The van der Waals surface area contributed by atoms with E-state index in [1.807, 2.05) is 0 Å². The van der Waals surface area contributed by atoms with Gasteiger partial charge >= 0.3 is 0 Å². The summed E-state index contributed by atoms with van der Waals surface area (Å²) in [6.45, 7) is 5.55. The number of allylic oxidation sites excluding steroid dienone is 1. The fraction of sp³-hybridized carbons (Fsp3) is 0.333. The fourth-order valence-electron chi connectivity index (χ4n) is 1.03. The molecule has 5 heteroatoms. The Labute approximate surface area is 82.3 Å². The summed E-state index contributed by atoms with van der Waals surface area (Å²) in [6.07, 6.45) is 1.46. The second-order valence-corrected chi connectivity index (χ2v) is 2.92. The number of amides is 1. The summed E-state index contributed by atoms with van der Waals surface area (Å²) in [5.41, 5.74) is 1.86. The lowest BCUT2D eigenvalue weighted by molar-refractivity contribution is -0.0757. The second-order valence-electron chi connectivity index (χ2n) is 2.92. The molecule has 0 atom stereocenters. The minimum Gasteiger partial charge on any atom is -0.277 e. The molecule has 1 amide bonds. The van der Waals surface area contributed by atoms with E-state index < -0.39 is 0 Å². The number of aromatic nitrogens is 2. The van der Waals surface area contributed by atoms with Crippen LogP contribution in [0.5, 0.6) is 0 Å². The van der Waals surface area contributed by atoms with Gasteiger partial charge in [-0.25, -0.2) is 5.06 Å². The van der Waals surface area contributed by atoms with Crippen LogP contribution in [0.1, 0.15) is 23.0 Å². The number of nitrogens with one attached hydrogen (secondary N) is 1. The Morgan fingerprint density at radius 2 is 2.36 bits per heavy atom. The number of hydrogen-bond acceptors (Lipinski definition) is 3. The third kappa shape index (κ3) is 1.82. The number of carbonyl (C=O) groups is 1. The van der Waals surface area contributed by atoms with E-state index in [4.69, 9.17) is 4.84 Å². The third-order valence-corrected chi connectivity index (χ3v) is 1.86. The Morgan fingerprint density at radius 3 is 2.86 bits per heavy atom. The average molecular weight is 195 g/mol. The molecular formula is C9H13N3O2. The van der Waals surface area contributed by atoms with Crippen LogP contribution in [-0.2, 0) is 4.84 Å². The normalized spacial score (nSPS) is 9.93. The molecule has 1 N–H and O–H groups in total. The van der Waals surface area contributed by atoms with E-state index in [1.54, 1.807) is 6.92 Å². The predicted molar refractivity (Wildman–Crippen MR) is 52.4 cm³/mol. The van der Waals surface area contributed by atoms with Crippen LogP contribution in [0.4, 0.5) is 0 Å². The molecule has 1 rings (SSSR count). The Morgan fingerprint density at radius 1 is 1.71 bits per heavy atom. The van der Waals surface area contributed by atoms with Crippen LogP contribution >= 0.6 is 0 Å². The Kier molecular flexibility index (Phi) is 3.03. The second kappa shape index (κ2) is 4.06. The zero-order valence-electron chi connectivity index (χ0n) is 8.50. The van der Waals surface area contributed by atoms with E-state index in [0.717, 1.165) is 10.6 Å². The third-order valence-electron chi connectivity index (χ3n) is 1.86. The first kappa shape index (κ1) is 10.5. The van der Waals surface area contributed by atoms with Crippen LogP contribution < -0.4 is 0 Å². The standard InChI is InChI=1S/C9H13N3O2/c1-6(2)8-7(5-10-11-8)9(13)12(3)14-4/h5H,1H2,2-4H3,(H,10,11).